The van der Waals surface area contributed by atoms with Crippen LogP contribution in [0.2, 0.25) is 0 Å². The molecule has 0 spiro atoms. The molecule has 0 bridgehead atoms. The summed E-state index contributed by atoms with van der Waals surface area (Å²) in [7, 11) is 1.61. The van der Waals surface area contributed by atoms with Crippen molar-refractivity contribution in [3.8, 4) is 0 Å². The number of thioether (sulfide) groups is 1. The van der Waals surface area contributed by atoms with Gasteiger partial charge in [-0.15, -0.1) is 11.3 Å². The van der Waals surface area contributed by atoms with Crippen LogP contribution in [-0.4, -0.2) is 46.3 Å². The first-order valence-electron chi connectivity index (χ1n) is 8.67. The number of hydrogen-bond acceptors (Lipinski definition) is 7. The van der Waals surface area contributed by atoms with Gasteiger partial charge in [0.05, 0.1) is 16.3 Å². The summed E-state index contributed by atoms with van der Waals surface area (Å²) in [6, 6.07) is 6.01. The molecule has 2 heterocycles. The molecule has 6 nitrogen and oxygen atoms in total. The Kier molecular flexibility index (Phi) is 7.12. The molecule has 0 unspecified atom stereocenters. The molecule has 0 atom stereocenters. The van der Waals surface area contributed by atoms with Crippen molar-refractivity contribution in [1.29, 1.82) is 0 Å². The van der Waals surface area contributed by atoms with Gasteiger partial charge in [0.2, 0.25) is 5.91 Å². The van der Waals surface area contributed by atoms with E-state index in [0.29, 0.717) is 39.6 Å². The molecule has 0 N–H and O–H groups in total. The van der Waals surface area contributed by atoms with Gasteiger partial charge in [-0.3, -0.25) is 19.4 Å². The van der Waals surface area contributed by atoms with Crippen molar-refractivity contribution in [2.24, 2.45) is 0 Å². The number of amides is 2. The number of para-hydroxylation sites is 1. The number of thiazole rings is 1. The van der Waals surface area contributed by atoms with Gasteiger partial charge in [0.15, 0.2) is 5.13 Å². The third kappa shape index (κ3) is 4.89. The minimum atomic E-state index is -0.517. The van der Waals surface area contributed by atoms with E-state index in [1.165, 1.54) is 47.1 Å². The highest BCUT2D eigenvalue weighted by Gasteiger charge is 2.32. The Morgan fingerprint density at radius 2 is 2.17 bits per heavy atom. The Labute approximate surface area is 181 Å². The third-order valence-corrected chi connectivity index (χ3v) is 6.21. The molecule has 1 fully saturated rings. The predicted octanol–water partition coefficient (Wildman–Crippen LogP) is 4.20. The van der Waals surface area contributed by atoms with E-state index < -0.39 is 5.82 Å². The molecule has 0 saturated carbocycles. The van der Waals surface area contributed by atoms with Gasteiger partial charge < -0.3 is 4.74 Å². The number of methoxy groups -OCH3 is 1. The minimum absolute atomic E-state index is 0.130. The fourth-order valence-electron chi connectivity index (χ4n) is 2.68. The van der Waals surface area contributed by atoms with Crippen molar-refractivity contribution in [2.75, 3.05) is 25.2 Å². The van der Waals surface area contributed by atoms with Gasteiger partial charge in [-0.1, -0.05) is 36.1 Å². The van der Waals surface area contributed by atoms with Gasteiger partial charge in [0, 0.05) is 32.6 Å². The van der Waals surface area contributed by atoms with E-state index in [9.17, 15) is 14.0 Å². The van der Waals surface area contributed by atoms with Crippen LogP contribution < -0.4 is 4.90 Å². The van der Waals surface area contributed by atoms with Crippen molar-refractivity contribution in [1.82, 2.24) is 9.88 Å². The van der Waals surface area contributed by atoms with E-state index in [4.69, 9.17) is 17.0 Å². The van der Waals surface area contributed by atoms with Crippen LogP contribution in [-0.2, 0) is 14.3 Å². The summed E-state index contributed by atoms with van der Waals surface area (Å²) in [5.74, 6) is -1.06. The van der Waals surface area contributed by atoms with Gasteiger partial charge in [0.1, 0.15) is 10.1 Å². The van der Waals surface area contributed by atoms with Crippen LogP contribution in [0, 0.1) is 5.82 Å². The standard InChI is InChI=1S/C19H18FN3O3S3/c1-12(24)23(15-7-4-3-6-14(15)20)18-21-13(11-28-18)10-16-17(25)22(19(27)29-16)8-5-9-26-2/h3-4,6-7,10-11H,5,8-9H2,1-2H3/b16-10-. The quantitative estimate of drug-likeness (QED) is 0.357. The van der Waals surface area contributed by atoms with Crippen molar-refractivity contribution in [2.45, 2.75) is 13.3 Å². The molecule has 29 heavy (non-hydrogen) atoms. The fraction of sp³-hybridized carbons (Fsp3) is 0.263. The van der Waals surface area contributed by atoms with Gasteiger partial charge in [-0.25, -0.2) is 9.37 Å². The second kappa shape index (κ2) is 9.57. The molecule has 1 aliphatic heterocycles. The number of ether oxygens (including phenoxy) is 1. The average molecular weight is 452 g/mol. The largest absolute Gasteiger partial charge is 0.385 e. The number of carbonyl (C=O) groups excluding carboxylic acids is 2. The molecular weight excluding hydrogens is 433 g/mol. The summed E-state index contributed by atoms with van der Waals surface area (Å²) in [4.78, 5) is 32.4. The van der Waals surface area contributed by atoms with Crippen molar-refractivity contribution in [3.05, 3.63) is 46.1 Å². The topological polar surface area (TPSA) is 62.7 Å². The zero-order valence-electron chi connectivity index (χ0n) is 15.8. The lowest BCUT2D eigenvalue weighted by molar-refractivity contribution is -0.122. The zero-order valence-corrected chi connectivity index (χ0v) is 18.2. The lowest BCUT2D eigenvalue weighted by atomic mass is 10.3. The van der Waals surface area contributed by atoms with Gasteiger partial charge >= 0.3 is 0 Å². The highest BCUT2D eigenvalue weighted by molar-refractivity contribution is 8.26. The second-order valence-electron chi connectivity index (χ2n) is 6.04. The van der Waals surface area contributed by atoms with Crippen molar-refractivity contribution in [3.63, 3.8) is 0 Å². The molecule has 152 valence electrons. The number of anilines is 2. The highest BCUT2D eigenvalue weighted by atomic mass is 32.2. The lowest BCUT2D eigenvalue weighted by Crippen LogP contribution is -2.29. The minimum Gasteiger partial charge on any atom is -0.385 e. The first kappa shape index (κ1) is 21.6. The summed E-state index contributed by atoms with van der Waals surface area (Å²) in [5.41, 5.74) is 0.635. The van der Waals surface area contributed by atoms with Crippen molar-refractivity contribution >= 4 is 68.3 Å². The molecular formula is C19H18FN3O3S3. The molecule has 2 amide bonds. The Hall–Kier alpha value is -2.14. The normalized spacial score (nSPS) is 15.4. The molecule has 3 rings (SSSR count). The SMILES string of the molecule is COCCCN1C(=O)/C(=C/c2csc(N(C(C)=O)c3ccccc3F)n2)SC1=S. The van der Waals surface area contributed by atoms with E-state index in [1.807, 2.05) is 0 Å². The lowest BCUT2D eigenvalue weighted by Gasteiger charge is -2.18. The Morgan fingerprint density at radius 3 is 2.86 bits per heavy atom. The van der Waals surface area contributed by atoms with E-state index in [1.54, 1.807) is 35.6 Å². The second-order valence-corrected chi connectivity index (χ2v) is 8.55. The molecule has 0 radical (unpaired) electrons. The maximum Gasteiger partial charge on any atom is 0.266 e. The fourth-order valence-corrected chi connectivity index (χ4v) is 4.81. The Bertz CT molecular complexity index is 976. The molecule has 1 aromatic carbocycles. The van der Waals surface area contributed by atoms with Gasteiger partial charge in [0.25, 0.3) is 5.91 Å². The smallest absolute Gasteiger partial charge is 0.266 e. The summed E-state index contributed by atoms with van der Waals surface area (Å²) in [6.45, 7) is 2.38. The molecule has 10 heteroatoms. The van der Waals surface area contributed by atoms with Crippen LogP contribution in [0.25, 0.3) is 6.08 Å². The average Bonchev–Trinajstić information content (AvgIpc) is 3.23. The number of rotatable bonds is 7. The number of carbonyl (C=O) groups is 2. The molecule has 1 aromatic heterocycles. The first-order valence-corrected chi connectivity index (χ1v) is 10.8. The summed E-state index contributed by atoms with van der Waals surface area (Å²) in [6.07, 6.45) is 2.32. The van der Waals surface area contributed by atoms with Gasteiger partial charge in [-0.2, -0.15) is 0 Å². The third-order valence-electron chi connectivity index (χ3n) is 3.99. The van der Waals surface area contributed by atoms with Crippen LogP contribution in [0.5, 0.6) is 0 Å². The Morgan fingerprint density at radius 1 is 1.41 bits per heavy atom. The molecule has 0 aliphatic carbocycles. The Balaban J connectivity index is 1.82. The van der Waals surface area contributed by atoms with Crippen LogP contribution >= 0.6 is 35.3 Å². The van der Waals surface area contributed by atoms with Crippen molar-refractivity contribution < 1.29 is 18.7 Å². The number of thiocarbonyl (C=S) groups is 1. The number of halogens is 1. The predicted molar refractivity (Wildman–Crippen MR) is 118 cm³/mol. The van der Waals surface area contributed by atoms with E-state index in [2.05, 4.69) is 4.98 Å². The van der Waals surface area contributed by atoms with Crippen LogP contribution in [0.3, 0.4) is 0 Å². The van der Waals surface area contributed by atoms with Crippen LogP contribution in [0.4, 0.5) is 15.2 Å². The summed E-state index contributed by atoms with van der Waals surface area (Å²) < 4.78 is 19.7. The molecule has 2 aromatic rings. The maximum absolute atomic E-state index is 14.2. The van der Waals surface area contributed by atoms with E-state index >= 15 is 0 Å². The highest BCUT2D eigenvalue weighted by Crippen LogP contribution is 2.35. The number of benzene rings is 1. The van der Waals surface area contributed by atoms with Crippen LogP contribution in [0.15, 0.2) is 34.6 Å². The summed E-state index contributed by atoms with van der Waals surface area (Å²) >= 11 is 7.70. The first-order chi connectivity index (χ1) is 13.9. The zero-order chi connectivity index (χ0) is 21.0. The maximum atomic E-state index is 14.2. The van der Waals surface area contributed by atoms with Crippen LogP contribution in [0.1, 0.15) is 19.0 Å². The molecule has 1 aliphatic rings. The number of aromatic nitrogens is 1. The van der Waals surface area contributed by atoms with Gasteiger partial charge in [-0.05, 0) is 24.6 Å². The van der Waals surface area contributed by atoms with E-state index in [0.717, 1.165) is 0 Å². The summed E-state index contributed by atoms with van der Waals surface area (Å²) in [5, 5.41) is 2.04. The number of nitrogens with zero attached hydrogens (tertiary/aromatic N) is 3. The molecule has 1 saturated heterocycles. The number of hydrogen-bond donors (Lipinski definition) is 0. The monoisotopic (exact) mass is 451 g/mol. The van der Waals surface area contributed by atoms with E-state index in [-0.39, 0.29) is 17.5 Å².